The highest BCUT2D eigenvalue weighted by molar-refractivity contribution is 7.15. The van der Waals surface area contributed by atoms with Crippen molar-refractivity contribution in [3.8, 4) is 5.75 Å². The number of aromatic nitrogens is 1. The fourth-order valence-corrected chi connectivity index (χ4v) is 4.05. The molecule has 1 aromatic heterocycles. The Labute approximate surface area is 157 Å². The van der Waals surface area contributed by atoms with E-state index in [-0.39, 0.29) is 18.2 Å². The van der Waals surface area contributed by atoms with E-state index in [1.165, 1.54) is 11.3 Å². The smallest absolute Gasteiger partial charge is 0.231 e. The summed E-state index contributed by atoms with van der Waals surface area (Å²) in [5.41, 5.74) is 2.75. The van der Waals surface area contributed by atoms with Crippen molar-refractivity contribution in [3.63, 3.8) is 0 Å². The Morgan fingerprint density at radius 3 is 2.85 bits per heavy atom. The topological polar surface area (TPSA) is 71.5 Å². The summed E-state index contributed by atoms with van der Waals surface area (Å²) in [4.78, 5) is 32.3. The lowest BCUT2D eigenvalue weighted by atomic mass is 10.1. The second kappa shape index (κ2) is 7.45. The molecule has 3 rings (SSSR count). The fraction of sp³-hybridized carbons (Fsp3) is 0.421. The third-order valence-corrected chi connectivity index (χ3v) is 5.51. The van der Waals surface area contributed by atoms with E-state index in [4.69, 9.17) is 4.74 Å². The zero-order valence-corrected chi connectivity index (χ0v) is 16.3. The van der Waals surface area contributed by atoms with Crippen LogP contribution in [0.1, 0.15) is 29.5 Å². The lowest BCUT2D eigenvalue weighted by molar-refractivity contribution is -0.122. The van der Waals surface area contributed by atoms with Crippen LogP contribution in [-0.4, -0.2) is 30.5 Å². The van der Waals surface area contributed by atoms with Gasteiger partial charge in [0, 0.05) is 17.8 Å². The molecule has 0 bridgehead atoms. The number of hydrogen-bond acceptors (Lipinski definition) is 5. The van der Waals surface area contributed by atoms with E-state index in [0.717, 1.165) is 22.6 Å². The molecule has 1 N–H and O–H groups in total. The van der Waals surface area contributed by atoms with Crippen molar-refractivity contribution in [3.05, 3.63) is 34.3 Å². The summed E-state index contributed by atoms with van der Waals surface area (Å²) >= 11 is 1.47. The molecule has 26 heavy (non-hydrogen) atoms. The Balaban J connectivity index is 1.75. The molecule has 0 saturated carbocycles. The molecule has 0 spiro atoms. The average molecular weight is 373 g/mol. The molecule has 138 valence electrons. The Morgan fingerprint density at radius 2 is 2.19 bits per heavy atom. The van der Waals surface area contributed by atoms with Crippen LogP contribution < -0.4 is 15.0 Å². The summed E-state index contributed by atoms with van der Waals surface area (Å²) in [6.07, 6.45) is 1.02. The second-order valence-electron chi connectivity index (χ2n) is 6.45. The molecule has 2 heterocycles. The van der Waals surface area contributed by atoms with Gasteiger partial charge in [-0.2, -0.15) is 0 Å². The van der Waals surface area contributed by atoms with Gasteiger partial charge in [0.2, 0.25) is 11.8 Å². The number of benzene rings is 1. The molecule has 1 aromatic carbocycles. The van der Waals surface area contributed by atoms with E-state index in [0.29, 0.717) is 23.1 Å². The zero-order valence-electron chi connectivity index (χ0n) is 15.5. The first-order valence-corrected chi connectivity index (χ1v) is 9.46. The number of nitrogens with zero attached hydrogens (tertiary/aromatic N) is 2. The first kappa shape index (κ1) is 18.4. The van der Waals surface area contributed by atoms with Gasteiger partial charge >= 0.3 is 0 Å². The van der Waals surface area contributed by atoms with Gasteiger partial charge in [-0.3, -0.25) is 9.59 Å². The monoisotopic (exact) mass is 373 g/mol. The third kappa shape index (κ3) is 3.58. The summed E-state index contributed by atoms with van der Waals surface area (Å²) in [6, 6.07) is 5.69. The normalized spacial score (nSPS) is 16.8. The van der Waals surface area contributed by atoms with Crippen LogP contribution in [0.15, 0.2) is 18.2 Å². The number of ether oxygens (including phenoxy) is 1. The molecule has 6 nitrogen and oxygen atoms in total. The van der Waals surface area contributed by atoms with Crippen molar-refractivity contribution < 1.29 is 14.3 Å². The molecule has 0 aliphatic carbocycles. The summed E-state index contributed by atoms with van der Waals surface area (Å²) < 4.78 is 5.38. The number of anilines is 2. The van der Waals surface area contributed by atoms with Crippen LogP contribution in [0.4, 0.5) is 10.8 Å². The zero-order chi connectivity index (χ0) is 18.8. The van der Waals surface area contributed by atoms with Crippen LogP contribution in [0.25, 0.3) is 0 Å². The number of nitrogens with one attached hydrogen (secondary N) is 1. The fourth-order valence-electron chi connectivity index (χ4n) is 3.14. The van der Waals surface area contributed by atoms with E-state index < -0.39 is 5.92 Å². The highest BCUT2D eigenvalue weighted by atomic mass is 32.1. The van der Waals surface area contributed by atoms with Crippen LogP contribution in [-0.2, 0) is 16.0 Å². The lowest BCUT2D eigenvalue weighted by Crippen LogP contribution is -2.28. The number of aryl methyl sites for hydroxylation is 3. The number of thiazole rings is 1. The predicted molar refractivity (Wildman–Crippen MR) is 103 cm³/mol. The van der Waals surface area contributed by atoms with Crippen molar-refractivity contribution in [2.24, 2.45) is 5.92 Å². The minimum Gasteiger partial charge on any atom is -0.495 e. The molecule has 2 amide bonds. The van der Waals surface area contributed by atoms with Crippen molar-refractivity contribution in [1.82, 2.24) is 4.98 Å². The van der Waals surface area contributed by atoms with Crippen molar-refractivity contribution in [2.45, 2.75) is 33.6 Å². The maximum atomic E-state index is 12.6. The number of carbonyl (C=O) groups is 2. The molecular formula is C19H23N3O3S. The highest BCUT2D eigenvalue weighted by Gasteiger charge is 2.36. The molecule has 0 radical (unpaired) electrons. The van der Waals surface area contributed by atoms with Crippen molar-refractivity contribution in [2.75, 3.05) is 23.9 Å². The Hall–Kier alpha value is -2.41. The summed E-state index contributed by atoms with van der Waals surface area (Å²) in [7, 11) is 1.58. The maximum Gasteiger partial charge on any atom is 0.231 e. The van der Waals surface area contributed by atoms with Crippen molar-refractivity contribution >= 4 is 34.0 Å². The SMILES string of the molecule is CCc1nc(NC(=O)C2CC(=O)N(c3cc(C)ccc3OC)C2)sc1C. The van der Waals surface area contributed by atoms with Gasteiger partial charge in [0.1, 0.15) is 5.75 Å². The molecule has 2 aromatic rings. The van der Waals surface area contributed by atoms with Gasteiger partial charge in [-0.25, -0.2) is 4.98 Å². The van der Waals surface area contributed by atoms with E-state index >= 15 is 0 Å². The first-order chi connectivity index (χ1) is 12.4. The van der Waals surface area contributed by atoms with E-state index in [1.807, 2.05) is 39.0 Å². The van der Waals surface area contributed by atoms with Crippen molar-refractivity contribution in [1.29, 1.82) is 0 Å². The highest BCUT2D eigenvalue weighted by Crippen LogP contribution is 2.34. The van der Waals surface area contributed by atoms with Gasteiger partial charge in [-0.15, -0.1) is 11.3 Å². The van der Waals surface area contributed by atoms with Crippen LogP contribution in [0.3, 0.4) is 0 Å². The van der Waals surface area contributed by atoms with Crippen LogP contribution in [0.5, 0.6) is 5.75 Å². The third-order valence-electron chi connectivity index (χ3n) is 4.58. The molecule has 1 aliphatic rings. The molecular weight excluding hydrogens is 350 g/mol. The molecule has 1 aliphatic heterocycles. The Bertz CT molecular complexity index is 847. The van der Waals surface area contributed by atoms with Gasteiger partial charge < -0.3 is 15.0 Å². The largest absolute Gasteiger partial charge is 0.495 e. The minimum atomic E-state index is -0.401. The van der Waals surface area contributed by atoms with E-state index in [1.54, 1.807) is 12.0 Å². The molecule has 1 fully saturated rings. The molecule has 7 heteroatoms. The first-order valence-electron chi connectivity index (χ1n) is 8.65. The Morgan fingerprint density at radius 1 is 1.42 bits per heavy atom. The number of amides is 2. The van der Waals surface area contributed by atoms with Crippen LogP contribution in [0.2, 0.25) is 0 Å². The number of hydrogen-bond donors (Lipinski definition) is 1. The minimum absolute atomic E-state index is 0.0707. The van der Waals surface area contributed by atoms with Crippen LogP contribution >= 0.6 is 11.3 Å². The van der Waals surface area contributed by atoms with E-state index in [9.17, 15) is 9.59 Å². The standard InChI is InChI=1S/C19H23N3O3S/c1-5-14-12(3)26-19(20-14)21-18(24)13-9-17(23)22(10-13)15-8-11(2)6-7-16(15)25-4/h6-8,13H,5,9-10H2,1-4H3,(H,20,21,24). The molecule has 1 atom stereocenters. The van der Waals surface area contributed by atoms with Gasteiger partial charge in [0.05, 0.1) is 24.4 Å². The lowest BCUT2D eigenvalue weighted by Gasteiger charge is -2.20. The number of methoxy groups -OCH3 is 1. The van der Waals surface area contributed by atoms with Gasteiger partial charge in [0.25, 0.3) is 0 Å². The van der Waals surface area contributed by atoms with Gasteiger partial charge in [-0.05, 0) is 38.0 Å². The quantitative estimate of drug-likeness (QED) is 0.873. The maximum absolute atomic E-state index is 12.6. The summed E-state index contributed by atoms with van der Waals surface area (Å²) in [5, 5.41) is 3.47. The molecule has 1 saturated heterocycles. The van der Waals surface area contributed by atoms with Gasteiger partial charge in [0.15, 0.2) is 5.13 Å². The summed E-state index contributed by atoms with van der Waals surface area (Å²) in [5.74, 6) is -0.00219. The average Bonchev–Trinajstić information content (AvgIpc) is 3.17. The number of carbonyl (C=O) groups excluding carboxylic acids is 2. The number of rotatable bonds is 5. The predicted octanol–water partition coefficient (Wildman–Crippen LogP) is 3.32. The Kier molecular flexibility index (Phi) is 5.27. The molecule has 1 unspecified atom stereocenters. The summed E-state index contributed by atoms with van der Waals surface area (Å²) in [6.45, 7) is 6.34. The second-order valence-corrected chi connectivity index (χ2v) is 7.65. The van der Waals surface area contributed by atoms with Gasteiger partial charge in [-0.1, -0.05) is 13.0 Å². The van der Waals surface area contributed by atoms with E-state index in [2.05, 4.69) is 10.3 Å². The van der Waals surface area contributed by atoms with Crippen LogP contribution in [0, 0.1) is 19.8 Å².